The van der Waals surface area contributed by atoms with Gasteiger partial charge in [0, 0.05) is 20.0 Å². The molecule has 0 radical (unpaired) electrons. The first-order valence-electron chi connectivity index (χ1n) is 11.7. The van der Waals surface area contributed by atoms with E-state index in [0.29, 0.717) is 44.5 Å². The Morgan fingerprint density at radius 3 is 2.71 bits per heavy atom. The highest BCUT2D eigenvalue weighted by Gasteiger charge is 2.32. The van der Waals surface area contributed by atoms with Gasteiger partial charge in [-0.2, -0.15) is 0 Å². The molecule has 2 aliphatic heterocycles. The van der Waals surface area contributed by atoms with E-state index < -0.39 is 17.6 Å². The van der Waals surface area contributed by atoms with Crippen molar-refractivity contribution in [3.63, 3.8) is 0 Å². The van der Waals surface area contributed by atoms with Crippen LogP contribution >= 0.6 is 0 Å². The summed E-state index contributed by atoms with van der Waals surface area (Å²) in [5, 5.41) is 2.33. The van der Waals surface area contributed by atoms with E-state index in [-0.39, 0.29) is 30.2 Å². The van der Waals surface area contributed by atoms with Crippen LogP contribution in [0.1, 0.15) is 51.6 Å². The van der Waals surface area contributed by atoms with Crippen LogP contribution in [0.4, 0.5) is 4.79 Å². The molecule has 10 nitrogen and oxygen atoms in total. The average Bonchev–Trinajstić information content (AvgIpc) is 3.02. The highest BCUT2D eigenvalue weighted by atomic mass is 16.6. The van der Waals surface area contributed by atoms with Crippen LogP contribution in [0.2, 0.25) is 0 Å². The van der Waals surface area contributed by atoms with Crippen LogP contribution in [0.15, 0.2) is 23.0 Å². The van der Waals surface area contributed by atoms with Gasteiger partial charge in [-0.25, -0.2) is 9.59 Å². The molecule has 1 aromatic heterocycles. The number of hydrogen-bond donors (Lipinski definition) is 1. The van der Waals surface area contributed by atoms with Gasteiger partial charge in [-0.15, -0.1) is 0 Å². The van der Waals surface area contributed by atoms with Gasteiger partial charge in [-0.3, -0.25) is 24.0 Å². The number of carbonyl (C=O) groups is 3. The maximum atomic E-state index is 13.1. The number of piperidine rings is 1. The molecule has 1 unspecified atom stereocenters. The smallest absolute Gasteiger partial charge is 0.410 e. The first-order valence-corrected chi connectivity index (χ1v) is 11.7. The SMILES string of the molecule is Cn1c(=O)n(C2CCC(=O)NC2=O)c2cccc(CC[C@@H]3CN(C(=O)OC(C)(C)C)CCO3)c21. The molecule has 10 heteroatoms. The Balaban J connectivity index is 1.52. The minimum atomic E-state index is -0.715. The van der Waals surface area contributed by atoms with Gasteiger partial charge in [-0.05, 0) is 51.7 Å². The minimum absolute atomic E-state index is 0.147. The van der Waals surface area contributed by atoms with Crippen molar-refractivity contribution in [1.29, 1.82) is 0 Å². The number of nitrogens with zero attached hydrogens (tertiary/aromatic N) is 3. The van der Waals surface area contributed by atoms with Crippen LogP contribution < -0.4 is 11.0 Å². The largest absolute Gasteiger partial charge is 0.444 e. The van der Waals surface area contributed by atoms with E-state index in [1.165, 1.54) is 4.57 Å². The van der Waals surface area contributed by atoms with Gasteiger partial charge in [0.25, 0.3) is 0 Å². The molecule has 0 aliphatic carbocycles. The fraction of sp³-hybridized carbons (Fsp3) is 0.583. The molecular weight excluding hydrogens is 440 g/mol. The number of fused-ring (bicyclic) bond motifs is 1. The summed E-state index contributed by atoms with van der Waals surface area (Å²) in [5.74, 6) is -0.766. The van der Waals surface area contributed by atoms with Crippen LogP contribution in [0.25, 0.3) is 11.0 Å². The quantitative estimate of drug-likeness (QED) is 0.680. The number of para-hydroxylation sites is 1. The normalized spacial score (nSPS) is 21.6. The standard InChI is InChI=1S/C24H32N4O6/c1-24(2,3)34-23(32)27-12-13-33-16(14-27)9-8-15-6-5-7-17-20(15)26(4)22(31)28(17)18-10-11-19(29)25-21(18)30/h5-7,16,18H,8-14H2,1-4H3,(H,25,29,30)/t16-,18?/m1/s1. The lowest BCUT2D eigenvalue weighted by Crippen LogP contribution is -2.47. The molecule has 184 valence electrons. The molecule has 2 aliphatic rings. The second-order valence-corrected chi connectivity index (χ2v) is 9.92. The molecule has 0 bridgehead atoms. The van der Waals surface area contributed by atoms with Crippen molar-refractivity contribution in [2.75, 3.05) is 19.7 Å². The van der Waals surface area contributed by atoms with Crippen LogP contribution in [0.3, 0.4) is 0 Å². The Kier molecular flexibility index (Phi) is 6.53. The number of nitrogens with one attached hydrogen (secondary N) is 1. The molecule has 0 spiro atoms. The molecule has 34 heavy (non-hydrogen) atoms. The summed E-state index contributed by atoms with van der Waals surface area (Å²) in [4.78, 5) is 51.2. The zero-order chi connectivity index (χ0) is 24.6. The van der Waals surface area contributed by atoms with Gasteiger partial charge in [0.05, 0.1) is 30.3 Å². The Morgan fingerprint density at radius 1 is 1.24 bits per heavy atom. The molecule has 3 amide bonds. The lowest BCUT2D eigenvalue weighted by molar-refractivity contribution is -0.135. The van der Waals surface area contributed by atoms with Gasteiger partial charge in [0.15, 0.2) is 0 Å². The molecule has 4 rings (SSSR count). The monoisotopic (exact) mass is 472 g/mol. The van der Waals surface area contributed by atoms with Gasteiger partial charge in [0.1, 0.15) is 11.6 Å². The molecule has 1 N–H and O–H groups in total. The summed E-state index contributed by atoms with van der Waals surface area (Å²) in [6.45, 7) is 6.90. The lowest BCUT2D eigenvalue weighted by Gasteiger charge is -2.34. The van der Waals surface area contributed by atoms with Gasteiger partial charge < -0.3 is 14.4 Å². The third-order valence-corrected chi connectivity index (χ3v) is 6.23. The number of aryl methyl sites for hydroxylation is 2. The summed E-state index contributed by atoms with van der Waals surface area (Å²) < 4.78 is 14.4. The molecule has 2 atom stereocenters. The first-order chi connectivity index (χ1) is 16.0. The fourth-order valence-corrected chi connectivity index (χ4v) is 4.65. The minimum Gasteiger partial charge on any atom is -0.444 e. The molecule has 2 aromatic rings. The predicted molar refractivity (Wildman–Crippen MR) is 124 cm³/mol. The van der Waals surface area contributed by atoms with E-state index in [1.54, 1.807) is 16.5 Å². The molecule has 2 fully saturated rings. The second-order valence-electron chi connectivity index (χ2n) is 9.92. The fourth-order valence-electron chi connectivity index (χ4n) is 4.65. The lowest BCUT2D eigenvalue weighted by atomic mass is 10.0. The number of imidazole rings is 1. The van der Waals surface area contributed by atoms with E-state index in [4.69, 9.17) is 9.47 Å². The molecule has 1 aromatic carbocycles. The number of rotatable bonds is 4. The summed E-state index contributed by atoms with van der Waals surface area (Å²) in [6.07, 6.45) is 1.31. The van der Waals surface area contributed by atoms with E-state index in [1.807, 2.05) is 39.0 Å². The van der Waals surface area contributed by atoms with Crippen molar-refractivity contribution in [2.45, 2.75) is 64.2 Å². The van der Waals surface area contributed by atoms with Crippen molar-refractivity contribution >= 4 is 28.9 Å². The predicted octanol–water partition coefficient (Wildman–Crippen LogP) is 1.89. The van der Waals surface area contributed by atoms with Crippen molar-refractivity contribution in [1.82, 2.24) is 19.4 Å². The van der Waals surface area contributed by atoms with Crippen molar-refractivity contribution in [3.8, 4) is 0 Å². The number of carbonyl (C=O) groups excluding carboxylic acids is 3. The summed E-state index contributed by atoms with van der Waals surface area (Å²) >= 11 is 0. The van der Waals surface area contributed by atoms with Crippen molar-refractivity contribution < 1.29 is 23.9 Å². The summed E-state index contributed by atoms with van der Waals surface area (Å²) in [7, 11) is 1.69. The van der Waals surface area contributed by atoms with Crippen LogP contribution in [-0.2, 0) is 32.5 Å². The van der Waals surface area contributed by atoms with Gasteiger partial charge >= 0.3 is 11.8 Å². The zero-order valence-corrected chi connectivity index (χ0v) is 20.1. The highest BCUT2D eigenvalue weighted by Crippen LogP contribution is 2.26. The van der Waals surface area contributed by atoms with Crippen LogP contribution in [-0.4, -0.2) is 63.3 Å². The van der Waals surface area contributed by atoms with Crippen LogP contribution in [0.5, 0.6) is 0 Å². The number of imide groups is 1. The highest BCUT2D eigenvalue weighted by molar-refractivity contribution is 6.00. The number of amides is 3. The number of aromatic nitrogens is 2. The second kappa shape index (κ2) is 9.25. The van der Waals surface area contributed by atoms with Crippen LogP contribution in [0, 0.1) is 0 Å². The maximum Gasteiger partial charge on any atom is 0.410 e. The Morgan fingerprint density at radius 2 is 2.00 bits per heavy atom. The molecule has 3 heterocycles. The first kappa shape index (κ1) is 24.0. The zero-order valence-electron chi connectivity index (χ0n) is 20.1. The van der Waals surface area contributed by atoms with E-state index in [0.717, 1.165) is 11.1 Å². The average molecular weight is 473 g/mol. The maximum absolute atomic E-state index is 13.1. The molecule has 2 saturated heterocycles. The molecular formula is C24H32N4O6. The third-order valence-electron chi connectivity index (χ3n) is 6.23. The number of hydrogen-bond acceptors (Lipinski definition) is 6. The number of morpholine rings is 1. The Hall–Kier alpha value is -3.14. The summed E-state index contributed by atoms with van der Waals surface area (Å²) in [5.41, 5.74) is 1.54. The summed E-state index contributed by atoms with van der Waals surface area (Å²) in [6, 6.07) is 4.94. The Bertz CT molecular complexity index is 1170. The van der Waals surface area contributed by atoms with E-state index >= 15 is 0 Å². The van der Waals surface area contributed by atoms with Crippen molar-refractivity contribution in [3.05, 3.63) is 34.2 Å². The van der Waals surface area contributed by atoms with E-state index in [2.05, 4.69) is 5.32 Å². The number of ether oxygens (including phenoxy) is 2. The topological polar surface area (TPSA) is 112 Å². The van der Waals surface area contributed by atoms with Gasteiger partial charge in [0.2, 0.25) is 11.8 Å². The van der Waals surface area contributed by atoms with Gasteiger partial charge in [-0.1, -0.05) is 12.1 Å². The third kappa shape index (κ3) is 4.86. The van der Waals surface area contributed by atoms with Crippen molar-refractivity contribution in [2.24, 2.45) is 7.05 Å². The van der Waals surface area contributed by atoms with E-state index in [9.17, 15) is 19.2 Å². The Labute approximate surface area is 197 Å². The number of benzene rings is 1. The molecule has 0 saturated carbocycles.